The normalized spacial score (nSPS) is 18.5. The second-order valence-electron chi connectivity index (χ2n) is 8.72. The molecule has 11 nitrogen and oxygen atoms in total. The van der Waals surface area contributed by atoms with Gasteiger partial charge in [-0.3, -0.25) is 10.5 Å². The molecule has 32 heavy (non-hydrogen) atoms. The minimum atomic E-state index is -2.87. The average molecular weight is 451 g/mol. The maximum absolute atomic E-state index is 12.8. The van der Waals surface area contributed by atoms with Gasteiger partial charge in [-0.25, -0.2) is 19.2 Å². The van der Waals surface area contributed by atoms with E-state index in [1.54, 1.807) is 51.1 Å². The molecule has 0 radical (unpaired) electrons. The second-order valence-corrected chi connectivity index (χ2v) is 8.72. The summed E-state index contributed by atoms with van der Waals surface area (Å²) in [5.41, 5.74) is 2.67. The molecule has 0 bridgehead atoms. The van der Waals surface area contributed by atoms with E-state index in [-0.39, 0.29) is 6.61 Å². The van der Waals surface area contributed by atoms with Gasteiger partial charge in [-0.1, -0.05) is 51.1 Å². The molecule has 0 aromatic heterocycles. The Morgan fingerprint density at radius 2 is 1.62 bits per heavy atom. The Kier molecular flexibility index (Phi) is 7.18. The number of benzene rings is 1. The number of amides is 2. The Labute approximate surface area is 184 Å². The summed E-state index contributed by atoms with van der Waals surface area (Å²) in [4.78, 5) is 61.2. The number of hydroxylamine groups is 3. The van der Waals surface area contributed by atoms with Gasteiger partial charge >= 0.3 is 29.9 Å². The number of carbonyl (C=O) groups is 5. The third kappa shape index (κ3) is 4.85. The van der Waals surface area contributed by atoms with Crippen LogP contribution in [0.4, 0.5) is 4.79 Å². The van der Waals surface area contributed by atoms with Crippen molar-refractivity contribution in [1.82, 2.24) is 0 Å². The molecule has 1 aromatic carbocycles. The lowest BCUT2D eigenvalue weighted by molar-refractivity contribution is -1.01. The number of carbonyl (C=O) groups excluding carboxylic acids is 4. The Hall–Kier alpha value is -3.15. The van der Waals surface area contributed by atoms with Gasteiger partial charge in [0.15, 0.2) is 0 Å². The van der Waals surface area contributed by atoms with Crippen LogP contribution in [-0.4, -0.2) is 50.5 Å². The van der Waals surface area contributed by atoms with Gasteiger partial charge < -0.3 is 14.6 Å². The molecule has 1 heterocycles. The number of hydrogen-bond acceptors (Lipinski definition) is 9. The standard InChI is InChI=1S/C21H26N2O9/c1-20(2,3)14(17(26)32-19(29)31-12-13-7-5-4-6-8-13)11-21(22,18(27)28)23(30)15(24)9-10-16(23)25/h4-8,14,30H,9-12,22H2,1-3H3/p+1/t14?,21-/m1/s1. The van der Waals surface area contributed by atoms with E-state index in [0.29, 0.717) is 5.56 Å². The van der Waals surface area contributed by atoms with Crippen molar-refractivity contribution in [3.05, 3.63) is 35.9 Å². The Morgan fingerprint density at radius 1 is 1.09 bits per heavy atom. The Bertz CT molecular complexity index is 907. The van der Waals surface area contributed by atoms with E-state index in [2.05, 4.69) is 0 Å². The van der Waals surface area contributed by atoms with Crippen LogP contribution < -0.4 is 5.73 Å². The first-order valence-electron chi connectivity index (χ1n) is 9.87. The minimum absolute atomic E-state index is 0.164. The summed E-state index contributed by atoms with van der Waals surface area (Å²) < 4.78 is 7.46. The average Bonchev–Trinajstić information content (AvgIpc) is 2.98. The van der Waals surface area contributed by atoms with Crippen molar-refractivity contribution >= 4 is 29.9 Å². The van der Waals surface area contributed by atoms with Gasteiger partial charge in [0.2, 0.25) is 0 Å². The monoisotopic (exact) mass is 451 g/mol. The number of imide groups is 1. The van der Waals surface area contributed by atoms with Gasteiger partial charge in [0.25, 0.3) is 5.66 Å². The number of hydrogen-bond donors (Lipinski definition) is 3. The van der Waals surface area contributed by atoms with Crippen LogP contribution in [0, 0.1) is 11.3 Å². The zero-order valence-corrected chi connectivity index (χ0v) is 18.1. The fraction of sp³-hybridized carbons (Fsp3) is 0.476. The highest BCUT2D eigenvalue weighted by Crippen LogP contribution is 2.39. The van der Waals surface area contributed by atoms with Crippen LogP contribution in [0.3, 0.4) is 0 Å². The summed E-state index contributed by atoms with van der Waals surface area (Å²) >= 11 is 0. The molecule has 1 aromatic rings. The smallest absolute Gasteiger partial charge is 0.475 e. The number of aliphatic carboxylic acids is 1. The first-order valence-corrected chi connectivity index (χ1v) is 9.87. The van der Waals surface area contributed by atoms with Gasteiger partial charge in [0.1, 0.15) is 6.61 Å². The van der Waals surface area contributed by atoms with E-state index in [1.165, 1.54) is 0 Å². The van der Waals surface area contributed by atoms with Crippen LogP contribution in [-0.2, 0) is 35.3 Å². The Balaban J connectivity index is 2.24. The number of esters is 1. The zero-order chi connectivity index (χ0) is 24.3. The summed E-state index contributed by atoms with van der Waals surface area (Å²) in [5.74, 6) is -6.61. The third-order valence-corrected chi connectivity index (χ3v) is 5.45. The largest absolute Gasteiger partial charge is 0.516 e. The van der Waals surface area contributed by atoms with Crippen LogP contribution in [0.1, 0.15) is 45.6 Å². The van der Waals surface area contributed by atoms with Gasteiger partial charge in [0.05, 0.1) is 18.8 Å². The maximum atomic E-state index is 12.8. The zero-order valence-electron chi connectivity index (χ0n) is 18.1. The van der Waals surface area contributed by atoms with Crippen molar-refractivity contribution in [1.29, 1.82) is 0 Å². The molecule has 2 rings (SSSR count). The van der Waals surface area contributed by atoms with E-state index < -0.39 is 70.8 Å². The molecule has 1 aliphatic rings. The second kappa shape index (κ2) is 9.15. The number of ether oxygens (including phenoxy) is 2. The van der Waals surface area contributed by atoms with Gasteiger partial charge in [-0.2, -0.15) is 5.21 Å². The van der Waals surface area contributed by atoms with Crippen molar-refractivity contribution in [2.75, 3.05) is 0 Å². The summed E-state index contributed by atoms with van der Waals surface area (Å²) in [6.07, 6.45) is -2.95. The molecule has 0 spiro atoms. The van der Waals surface area contributed by atoms with Gasteiger partial charge in [-0.05, 0) is 15.6 Å². The van der Waals surface area contributed by atoms with Crippen molar-refractivity contribution in [3.8, 4) is 0 Å². The molecule has 2 amide bonds. The minimum Gasteiger partial charge on any atom is -0.475 e. The summed E-state index contributed by atoms with van der Waals surface area (Å²) in [7, 11) is 0. The third-order valence-electron chi connectivity index (χ3n) is 5.45. The van der Waals surface area contributed by atoms with E-state index in [1.807, 2.05) is 0 Å². The number of carboxylic acids is 1. The summed E-state index contributed by atoms with van der Waals surface area (Å²) in [6, 6.07) is 8.61. The summed E-state index contributed by atoms with van der Waals surface area (Å²) in [5, 5.41) is 20.4. The van der Waals surface area contributed by atoms with Crippen LogP contribution >= 0.6 is 0 Å². The molecule has 11 heteroatoms. The molecule has 1 aliphatic heterocycles. The SMILES string of the molecule is CC(C)(C)C(C[C@](N)(C(=O)O)[N+]1(O)C(=O)CCC1=O)C(=O)OC(=O)OCc1ccccc1. The predicted octanol–water partition coefficient (Wildman–Crippen LogP) is 1.71. The van der Waals surface area contributed by atoms with Crippen LogP contribution in [0.15, 0.2) is 30.3 Å². The molecule has 1 unspecified atom stereocenters. The first-order chi connectivity index (χ1) is 14.7. The number of carboxylic acid groups (broad SMARTS) is 1. The molecule has 174 valence electrons. The van der Waals surface area contributed by atoms with Gasteiger partial charge in [0, 0.05) is 6.42 Å². The van der Waals surface area contributed by atoms with Gasteiger partial charge in [-0.15, -0.1) is 0 Å². The fourth-order valence-electron chi connectivity index (χ4n) is 3.43. The quantitative estimate of drug-likeness (QED) is 0.182. The molecule has 2 atom stereocenters. The van der Waals surface area contributed by atoms with E-state index >= 15 is 0 Å². The molecule has 4 N–H and O–H groups in total. The summed E-state index contributed by atoms with van der Waals surface area (Å²) in [6.45, 7) is 4.48. The fourth-order valence-corrected chi connectivity index (χ4v) is 3.43. The highest BCUT2D eigenvalue weighted by Gasteiger charge is 2.68. The van der Waals surface area contributed by atoms with Crippen LogP contribution in [0.5, 0.6) is 0 Å². The lowest BCUT2D eigenvalue weighted by Crippen LogP contribution is -2.75. The Morgan fingerprint density at radius 3 is 2.09 bits per heavy atom. The van der Waals surface area contributed by atoms with Crippen molar-refractivity contribution in [3.63, 3.8) is 0 Å². The van der Waals surface area contributed by atoms with Crippen molar-refractivity contribution in [2.24, 2.45) is 17.1 Å². The highest BCUT2D eigenvalue weighted by atomic mass is 16.7. The highest BCUT2D eigenvalue weighted by molar-refractivity contribution is 5.95. The lowest BCUT2D eigenvalue weighted by atomic mass is 9.75. The van der Waals surface area contributed by atoms with E-state index in [0.717, 1.165) is 0 Å². The molecular formula is C21H27N2O9+. The lowest BCUT2D eigenvalue weighted by Gasteiger charge is -2.38. The predicted molar refractivity (Wildman–Crippen MR) is 106 cm³/mol. The number of likely N-dealkylation sites (tertiary alicyclic amines) is 1. The van der Waals surface area contributed by atoms with E-state index in [4.69, 9.17) is 15.2 Å². The number of rotatable bonds is 7. The number of quaternary nitrogens is 1. The molecule has 0 aliphatic carbocycles. The molecule has 0 saturated carbocycles. The molecular weight excluding hydrogens is 424 g/mol. The number of nitrogens with two attached hydrogens (primary N) is 1. The maximum Gasteiger partial charge on any atom is 0.516 e. The molecule has 1 fully saturated rings. The van der Waals surface area contributed by atoms with Crippen molar-refractivity contribution in [2.45, 2.75) is 52.3 Å². The first kappa shape index (κ1) is 25.1. The van der Waals surface area contributed by atoms with Crippen LogP contribution in [0.2, 0.25) is 0 Å². The van der Waals surface area contributed by atoms with Crippen molar-refractivity contribution < 1.29 is 48.4 Å². The van der Waals surface area contributed by atoms with Crippen LogP contribution in [0.25, 0.3) is 0 Å². The molecule has 1 saturated heterocycles. The topological polar surface area (TPSA) is 170 Å². The number of nitrogens with zero attached hydrogens (tertiary/aromatic N) is 1. The van der Waals surface area contributed by atoms with E-state index in [9.17, 15) is 34.3 Å².